The first-order chi connectivity index (χ1) is 24.7. The Hall–Kier alpha value is -5.27. The normalized spacial score (nSPS) is 18.4. The molecule has 2 aromatic carbocycles. The highest BCUT2D eigenvalue weighted by Gasteiger charge is 2.36. The topological polar surface area (TPSA) is 115 Å². The Balaban J connectivity index is 1.21. The molecular formula is C39H41F2N7O4. The van der Waals surface area contributed by atoms with Crippen molar-refractivity contribution in [3.8, 4) is 16.8 Å². The van der Waals surface area contributed by atoms with E-state index < -0.39 is 17.2 Å². The molecule has 2 saturated heterocycles. The fourth-order valence-corrected chi connectivity index (χ4v) is 7.13. The van der Waals surface area contributed by atoms with Crippen LogP contribution in [-0.4, -0.2) is 74.9 Å². The van der Waals surface area contributed by atoms with Crippen LogP contribution in [0.2, 0.25) is 0 Å². The smallest absolute Gasteiger partial charge is 0.282 e. The molecule has 7 rings (SSSR count). The van der Waals surface area contributed by atoms with E-state index in [2.05, 4.69) is 39.0 Å². The van der Waals surface area contributed by atoms with Crippen LogP contribution in [0.5, 0.6) is 0 Å². The lowest BCUT2D eigenvalue weighted by molar-refractivity contribution is -0.0828. The average Bonchev–Trinajstić information content (AvgIpc) is 3.07. The number of hydrogen-bond donors (Lipinski definition) is 1. The second-order valence-corrected chi connectivity index (χ2v) is 14.9. The summed E-state index contributed by atoms with van der Waals surface area (Å²) < 4.78 is 38.3. The number of carbonyl (C=O) groups excluding carboxylic acids is 1. The predicted molar refractivity (Wildman–Crippen MR) is 197 cm³/mol. The maximum absolute atomic E-state index is 15.4. The van der Waals surface area contributed by atoms with Gasteiger partial charge >= 0.3 is 0 Å². The number of hydrogen-bond acceptors (Lipinski definition) is 9. The van der Waals surface area contributed by atoms with Gasteiger partial charge in [0.15, 0.2) is 6.29 Å². The van der Waals surface area contributed by atoms with E-state index in [-0.39, 0.29) is 50.3 Å². The predicted octanol–water partition coefficient (Wildman–Crippen LogP) is 5.58. The van der Waals surface area contributed by atoms with Crippen LogP contribution in [0.15, 0.2) is 70.6 Å². The summed E-state index contributed by atoms with van der Waals surface area (Å²) in [6, 6.07) is 11.5. The van der Waals surface area contributed by atoms with E-state index in [9.17, 15) is 14.4 Å². The zero-order valence-electron chi connectivity index (χ0n) is 30.0. The summed E-state index contributed by atoms with van der Waals surface area (Å²) >= 11 is 0. The van der Waals surface area contributed by atoms with Crippen molar-refractivity contribution in [2.24, 2.45) is 7.05 Å². The molecule has 2 fully saturated rings. The second kappa shape index (κ2) is 13.4. The zero-order valence-corrected chi connectivity index (χ0v) is 30.0. The van der Waals surface area contributed by atoms with Crippen LogP contribution in [0.1, 0.15) is 50.5 Å². The highest BCUT2D eigenvalue weighted by molar-refractivity contribution is 5.93. The molecule has 3 aromatic heterocycles. The summed E-state index contributed by atoms with van der Waals surface area (Å²) in [6.45, 7) is 13.5. The number of aryl methyl sites for hydroxylation is 1. The van der Waals surface area contributed by atoms with E-state index in [1.165, 1.54) is 36.1 Å². The van der Waals surface area contributed by atoms with Gasteiger partial charge in [0, 0.05) is 61.0 Å². The van der Waals surface area contributed by atoms with Crippen molar-refractivity contribution in [3.63, 3.8) is 0 Å². The third-order valence-corrected chi connectivity index (χ3v) is 10.1. The van der Waals surface area contributed by atoms with Crippen molar-refractivity contribution in [1.29, 1.82) is 0 Å². The molecule has 0 unspecified atom stereocenters. The van der Waals surface area contributed by atoms with Gasteiger partial charge in [0.2, 0.25) is 0 Å². The van der Waals surface area contributed by atoms with Crippen molar-refractivity contribution in [2.45, 2.75) is 58.2 Å². The lowest BCUT2D eigenvalue weighted by atomic mass is 9.86. The zero-order chi connectivity index (χ0) is 37.1. The van der Waals surface area contributed by atoms with Crippen molar-refractivity contribution in [3.05, 3.63) is 105 Å². The average molecular weight is 710 g/mol. The van der Waals surface area contributed by atoms with Gasteiger partial charge in [-0.05, 0) is 66.8 Å². The van der Waals surface area contributed by atoms with Crippen LogP contribution in [0, 0.1) is 11.6 Å². The summed E-state index contributed by atoms with van der Waals surface area (Å²) in [5.74, 6) is -1.09. The molecule has 13 heteroatoms. The molecule has 1 N–H and O–H groups in total. The number of rotatable bonds is 7. The Morgan fingerprint density at radius 1 is 0.962 bits per heavy atom. The Labute approximate surface area is 299 Å². The highest BCUT2D eigenvalue weighted by atomic mass is 19.1. The van der Waals surface area contributed by atoms with Gasteiger partial charge in [-0.3, -0.25) is 19.3 Å². The second-order valence-electron chi connectivity index (χ2n) is 14.9. The largest absolute Gasteiger partial charge is 0.378 e. The van der Waals surface area contributed by atoms with Crippen LogP contribution in [0.4, 0.5) is 26.0 Å². The Bertz CT molecular complexity index is 2310. The molecule has 52 heavy (non-hydrogen) atoms. The first kappa shape index (κ1) is 35.1. The number of fused-ring (bicyclic) bond motifs is 1. The summed E-state index contributed by atoms with van der Waals surface area (Å²) in [7, 11) is 1.54. The first-order valence-electron chi connectivity index (χ1n) is 17.3. The van der Waals surface area contributed by atoms with Gasteiger partial charge in [0.1, 0.15) is 23.1 Å². The molecule has 5 aromatic rings. The molecule has 2 atom stereocenters. The third-order valence-electron chi connectivity index (χ3n) is 10.1. The lowest BCUT2D eigenvalue weighted by Gasteiger charge is -2.50. The fourth-order valence-electron chi connectivity index (χ4n) is 7.13. The van der Waals surface area contributed by atoms with Crippen molar-refractivity contribution in [2.75, 3.05) is 36.5 Å². The van der Waals surface area contributed by atoms with E-state index in [1.807, 2.05) is 26.8 Å². The number of aromatic nitrogens is 4. The number of nitrogens with one attached hydrogen (secondary N) is 1. The Morgan fingerprint density at radius 2 is 1.73 bits per heavy atom. The number of anilines is 3. The molecule has 0 aliphatic carbocycles. The standard InChI is InChI=1S/C39H41F2N7O4/c1-22-17-47(29-20-52-21-29)23(2)16-46(22)28-7-8-35(42-15-28)44-33-10-25(18-45(6)37(33)50)30-12-27(40)13-34(31(30)19-49)48-38(51)36-24(14-43-48)9-26(11-32(36)41)39(3,4)5/h7-15,18-19,22-23,29H,16-17,20-21H2,1-6H3,(H,42,44)/t22-,23+/m0/s1. The molecule has 11 nitrogen and oxygen atoms in total. The highest BCUT2D eigenvalue weighted by Crippen LogP contribution is 2.32. The van der Waals surface area contributed by atoms with Gasteiger partial charge in [-0.1, -0.05) is 20.8 Å². The van der Waals surface area contributed by atoms with Crippen LogP contribution >= 0.6 is 0 Å². The number of piperazine rings is 1. The van der Waals surface area contributed by atoms with Crippen LogP contribution in [-0.2, 0) is 17.2 Å². The maximum Gasteiger partial charge on any atom is 0.282 e. The quantitative estimate of drug-likeness (QED) is 0.217. The molecule has 0 saturated carbocycles. The molecule has 0 bridgehead atoms. The maximum atomic E-state index is 15.4. The Morgan fingerprint density at radius 3 is 2.38 bits per heavy atom. The number of pyridine rings is 2. The van der Waals surface area contributed by atoms with Gasteiger partial charge in [0.05, 0.1) is 48.4 Å². The van der Waals surface area contributed by atoms with Crippen LogP contribution in [0.25, 0.3) is 27.6 Å². The molecule has 0 radical (unpaired) electrons. The van der Waals surface area contributed by atoms with Crippen LogP contribution < -0.4 is 21.3 Å². The molecule has 5 heterocycles. The summed E-state index contributed by atoms with van der Waals surface area (Å²) in [5, 5.41) is 7.37. The number of benzene rings is 2. The van der Waals surface area contributed by atoms with E-state index in [4.69, 9.17) is 4.74 Å². The van der Waals surface area contributed by atoms with E-state index >= 15 is 8.78 Å². The summed E-state index contributed by atoms with van der Waals surface area (Å²) in [5.41, 5.74) is 0.377. The number of halogens is 2. The lowest BCUT2D eigenvalue weighted by Crippen LogP contribution is -2.63. The number of ether oxygens (including phenoxy) is 1. The molecule has 2 aliphatic heterocycles. The van der Waals surface area contributed by atoms with Gasteiger partial charge in [0.25, 0.3) is 11.1 Å². The fraction of sp³-hybridized carbons (Fsp3) is 0.359. The van der Waals surface area contributed by atoms with Gasteiger partial charge in [-0.2, -0.15) is 9.78 Å². The van der Waals surface area contributed by atoms with E-state index in [0.717, 1.165) is 48.8 Å². The molecule has 2 aliphatic rings. The number of nitrogens with zero attached hydrogens (tertiary/aromatic N) is 6. The van der Waals surface area contributed by atoms with Crippen molar-refractivity contribution >= 4 is 34.3 Å². The number of aldehydes is 1. The van der Waals surface area contributed by atoms with Gasteiger partial charge in [-0.25, -0.2) is 13.8 Å². The Kier molecular flexibility index (Phi) is 9.04. The summed E-state index contributed by atoms with van der Waals surface area (Å²) in [6.07, 6.45) is 5.05. The minimum absolute atomic E-state index is 0.0672. The van der Waals surface area contributed by atoms with Crippen molar-refractivity contribution < 1.29 is 18.3 Å². The summed E-state index contributed by atoms with van der Waals surface area (Å²) in [4.78, 5) is 49.0. The molecule has 270 valence electrons. The van der Waals surface area contributed by atoms with Gasteiger partial charge in [-0.15, -0.1) is 0 Å². The monoisotopic (exact) mass is 709 g/mol. The number of carbonyl (C=O) groups is 1. The SMILES string of the molecule is C[C@@H]1CN(c2ccc(Nc3cc(-c4cc(F)cc(-n5ncc6cc(C(C)(C)C)cc(F)c6c5=O)c4C=O)cn(C)c3=O)nc2)[C@@H](C)CN1C1COC1. The van der Waals surface area contributed by atoms with Crippen molar-refractivity contribution in [1.82, 2.24) is 24.2 Å². The minimum Gasteiger partial charge on any atom is -0.378 e. The molecule has 0 amide bonds. The van der Waals surface area contributed by atoms with Crippen LogP contribution in [0.3, 0.4) is 0 Å². The first-order valence-corrected chi connectivity index (χ1v) is 17.3. The van der Waals surface area contributed by atoms with E-state index in [1.54, 1.807) is 18.3 Å². The van der Waals surface area contributed by atoms with Gasteiger partial charge < -0.3 is 19.5 Å². The molecule has 0 spiro atoms. The van der Waals surface area contributed by atoms with E-state index in [0.29, 0.717) is 35.3 Å². The minimum atomic E-state index is -0.842. The third kappa shape index (κ3) is 6.39. The molecular weight excluding hydrogens is 668 g/mol.